The molecule has 3 heteroatoms. The molecule has 1 aromatic carbocycles. The van der Waals surface area contributed by atoms with Crippen LogP contribution in [0, 0.1) is 6.92 Å². The van der Waals surface area contributed by atoms with E-state index < -0.39 is 0 Å². The molecule has 2 aromatic rings. The van der Waals surface area contributed by atoms with Gasteiger partial charge in [0.2, 0.25) is 0 Å². The number of nitrogens with two attached hydrogens (primary N) is 1. The molecule has 0 amide bonds. The Bertz CT molecular complexity index is 447. The first-order valence-electron chi connectivity index (χ1n) is 4.11. The highest BCUT2D eigenvalue weighted by atomic mass is 32.1. The van der Waals surface area contributed by atoms with Gasteiger partial charge in [-0.15, -0.1) is 11.3 Å². The van der Waals surface area contributed by atoms with E-state index in [-0.39, 0.29) is 6.61 Å². The molecule has 0 saturated carbocycles. The molecule has 0 fully saturated rings. The molecule has 0 saturated heterocycles. The second-order valence-electron chi connectivity index (χ2n) is 3.03. The van der Waals surface area contributed by atoms with Crippen molar-refractivity contribution in [2.24, 2.45) is 0 Å². The fraction of sp³-hybridized carbons (Fsp3) is 0.200. The van der Waals surface area contributed by atoms with Gasteiger partial charge in [-0.1, -0.05) is 6.07 Å². The summed E-state index contributed by atoms with van der Waals surface area (Å²) in [5.41, 5.74) is 7.76. The van der Waals surface area contributed by atoms with Gasteiger partial charge in [-0.05, 0) is 24.6 Å². The molecule has 0 bridgehead atoms. The molecule has 3 N–H and O–H groups in total. The minimum atomic E-state index is 0.102. The average Bonchev–Trinajstić information content (AvgIpc) is 2.44. The second-order valence-corrected chi connectivity index (χ2v) is 4.17. The molecule has 0 radical (unpaired) electrons. The summed E-state index contributed by atoms with van der Waals surface area (Å²) in [5, 5.41) is 10.2. The van der Waals surface area contributed by atoms with Gasteiger partial charge in [0.25, 0.3) is 0 Å². The summed E-state index contributed by atoms with van der Waals surface area (Å²) >= 11 is 1.61. The fourth-order valence-corrected chi connectivity index (χ4v) is 2.64. The Morgan fingerprint density at radius 2 is 2.23 bits per heavy atom. The Labute approximate surface area is 80.6 Å². The minimum absolute atomic E-state index is 0.102. The lowest BCUT2D eigenvalue weighted by Gasteiger charge is -1.96. The van der Waals surface area contributed by atoms with Crippen molar-refractivity contribution in [3.63, 3.8) is 0 Å². The SMILES string of the molecule is Cc1c(CO)sc2cccc(N)c12. The van der Waals surface area contributed by atoms with Gasteiger partial charge in [0.15, 0.2) is 0 Å². The maximum atomic E-state index is 9.08. The van der Waals surface area contributed by atoms with E-state index in [9.17, 15) is 0 Å². The predicted molar refractivity (Wildman–Crippen MR) is 56.9 cm³/mol. The maximum absolute atomic E-state index is 9.08. The van der Waals surface area contributed by atoms with Crippen molar-refractivity contribution in [2.75, 3.05) is 5.73 Å². The van der Waals surface area contributed by atoms with Crippen molar-refractivity contribution in [2.45, 2.75) is 13.5 Å². The van der Waals surface area contributed by atoms with Crippen LogP contribution in [0.3, 0.4) is 0 Å². The zero-order valence-electron chi connectivity index (χ0n) is 7.37. The topological polar surface area (TPSA) is 46.2 Å². The number of aliphatic hydroxyl groups is 1. The lowest BCUT2D eigenvalue weighted by Crippen LogP contribution is -1.86. The normalized spacial score (nSPS) is 10.9. The Morgan fingerprint density at radius 1 is 1.46 bits per heavy atom. The van der Waals surface area contributed by atoms with Crippen LogP contribution < -0.4 is 5.73 Å². The maximum Gasteiger partial charge on any atom is 0.0777 e. The number of aryl methyl sites for hydroxylation is 1. The Hall–Kier alpha value is -1.06. The molecule has 0 unspecified atom stereocenters. The molecule has 1 aromatic heterocycles. The first-order chi connectivity index (χ1) is 6.24. The molecular weight excluding hydrogens is 182 g/mol. The number of anilines is 1. The number of nitrogen functional groups attached to an aromatic ring is 1. The van der Waals surface area contributed by atoms with Crippen LogP contribution in [0.1, 0.15) is 10.4 Å². The molecule has 2 nitrogen and oxygen atoms in total. The lowest BCUT2D eigenvalue weighted by molar-refractivity contribution is 0.285. The summed E-state index contributed by atoms with van der Waals surface area (Å²) in [6.07, 6.45) is 0. The van der Waals surface area contributed by atoms with Crippen LogP contribution >= 0.6 is 11.3 Å². The van der Waals surface area contributed by atoms with Gasteiger partial charge in [-0.3, -0.25) is 0 Å². The van der Waals surface area contributed by atoms with Gasteiger partial charge in [0.05, 0.1) is 6.61 Å². The van der Waals surface area contributed by atoms with Gasteiger partial charge in [0, 0.05) is 20.7 Å². The lowest BCUT2D eigenvalue weighted by atomic mass is 10.1. The molecular formula is C10H11NOS. The van der Waals surface area contributed by atoms with Crippen molar-refractivity contribution in [3.8, 4) is 0 Å². The van der Waals surface area contributed by atoms with E-state index in [0.29, 0.717) is 0 Å². The van der Waals surface area contributed by atoms with Crippen LogP contribution in [-0.4, -0.2) is 5.11 Å². The average molecular weight is 193 g/mol. The zero-order valence-corrected chi connectivity index (χ0v) is 8.19. The van der Waals surface area contributed by atoms with E-state index in [0.717, 1.165) is 26.2 Å². The number of hydrogen-bond donors (Lipinski definition) is 2. The Balaban J connectivity index is 2.85. The van der Waals surface area contributed by atoms with E-state index in [1.165, 1.54) is 0 Å². The van der Waals surface area contributed by atoms with Gasteiger partial charge in [0.1, 0.15) is 0 Å². The summed E-state index contributed by atoms with van der Waals surface area (Å²) in [6.45, 7) is 2.10. The van der Waals surface area contributed by atoms with Crippen LogP contribution in [0.2, 0.25) is 0 Å². The van der Waals surface area contributed by atoms with Crippen molar-refractivity contribution >= 4 is 27.1 Å². The fourth-order valence-electron chi connectivity index (χ4n) is 1.53. The quantitative estimate of drug-likeness (QED) is 0.682. The molecule has 0 atom stereocenters. The third kappa shape index (κ3) is 1.20. The molecule has 1 heterocycles. The van der Waals surface area contributed by atoms with Crippen molar-refractivity contribution in [3.05, 3.63) is 28.6 Å². The summed E-state index contributed by atoms with van der Waals surface area (Å²) in [7, 11) is 0. The molecule has 0 aliphatic carbocycles. The number of thiophene rings is 1. The summed E-state index contributed by atoms with van der Waals surface area (Å²) in [6, 6.07) is 5.86. The third-order valence-electron chi connectivity index (χ3n) is 2.23. The molecule has 13 heavy (non-hydrogen) atoms. The number of benzene rings is 1. The van der Waals surface area contributed by atoms with Crippen LogP contribution in [0.15, 0.2) is 18.2 Å². The van der Waals surface area contributed by atoms with E-state index >= 15 is 0 Å². The zero-order chi connectivity index (χ0) is 9.42. The van der Waals surface area contributed by atoms with E-state index in [1.54, 1.807) is 11.3 Å². The van der Waals surface area contributed by atoms with Crippen molar-refractivity contribution < 1.29 is 5.11 Å². The van der Waals surface area contributed by atoms with Crippen LogP contribution in [-0.2, 0) is 6.61 Å². The molecule has 68 valence electrons. The summed E-state index contributed by atoms with van der Waals surface area (Å²) in [4.78, 5) is 1.01. The molecule has 0 spiro atoms. The smallest absolute Gasteiger partial charge is 0.0777 e. The Kier molecular flexibility index (Phi) is 1.98. The molecule has 0 aliphatic rings. The van der Waals surface area contributed by atoms with Crippen LogP contribution in [0.25, 0.3) is 10.1 Å². The summed E-state index contributed by atoms with van der Waals surface area (Å²) < 4.78 is 1.15. The number of rotatable bonds is 1. The first kappa shape index (κ1) is 8.53. The molecule has 0 aliphatic heterocycles. The highest BCUT2D eigenvalue weighted by Crippen LogP contribution is 2.34. The van der Waals surface area contributed by atoms with Crippen LogP contribution in [0.5, 0.6) is 0 Å². The van der Waals surface area contributed by atoms with Crippen LogP contribution in [0.4, 0.5) is 5.69 Å². The van der Waals surface area contributed by atoms with Crippen molar-refractivity contribution in [1.82, 2.24) is 0 Å². The van der Waals surface area contributed by atoms with Crippen molar-refractivity contribution in [1.29, 1.82) is 0 Å². The largest absolute Gasteiger partial charge is 0.398 e. The predicted octanol–water partition coefficient (Wildman–Crippen LogP) is 2.28. The first-order valence-corrected chi connectivity index (χ1v) is 4.93. The van der Waals surface area contributed by atoms with Gasteiger partial charge >= 0.3 is 0 Å². The van der Waals surface area contributed by atoms with E-state index in [2.05, 4.69) is 0 Å². The standard InChI is InChI=1S/C10H11NOS/c1-6-9(5-12)13-8-4-2-3-7(11)10(6)8/h2-4,12H,5,11H2,1H3. The Morgan fingerprint density at radius 3 is 2.85 bits per heavy atom. The number of aliphatic hydroxyl groups excluding tert-OH is 1. The van der Waals surface area contributed by atoms with E-state index in [1.807, 2.05) is 25.1 Å². The summed E-state index contributed by atoms with van der Waals surface area (Å²) in [5.74, 6) is 0. The van der Waals surface area contributed by atoms with E-state index in [4.69, 9.17) is 10.8 Å². The van der Waals surface area contributed by atoms with Gasteiger partial charge in [-0.2, -0.15) is 0 Å². The highest BCUT2D eigenvalue weighted by Gasteiger charge is 2.08. The second kappa shape index (κ2) is 3.01. The minimum Gasteiger partial charge on any atom is -0.398 e. The monoisotopic (exact) mass is 193 g/mol. The molecule has 2 rings (SSSR count). The third-order valence-corrected chi connectivity index (χ3v) is 3.47. The van der Waals surface area contributed by atoms with Gasteiger partial charge < -0.3 is 10.8 Å². The number of hydrogen-bond acceptors (Lipinski definition) is 3. The highest BCUT2D eigenvalue weighted by molar-refractivity contribution is 7.19. The van der Waals surface area contributed by atoms with Gasteiger partial charge in [-0.25, -0.2) is 0 Å². The number of fused-ring (bicyclic) bond motifs is 1.